The van der Waals surface area contributed by atoms with Crippen LogP contribution in [0.4, 0.5) is 0 Å². The lowest BCUT2D eigenvalue weighted by atomic mass is 9.87. The van der Waals surface area contributed by atoms with Crippen LogP contribution < -0.4 is 5.32 Å². The van der Waals surface area contributed by atoms with Crippen LogP contribution in [-0.2, 0) is 19.9 Å². The molecule has 0 spiro atoms. The number of nitrogens with one attached hydrogen (secondary N) is 1. The van der Waals surface area contributed by atoms with Gasteiger partial charge >= 0.3 is 0 Å². The zero-order chi connectivity index (χ0) is 13.9. The van der Waals surface area contributed by atoms with Crippen LogP contribution in [0.5, 0.6) is 5.75 Å². The molecule has 20 heavy (non-hydrogen) atoms. The Kier molecular flexibility index (Phi) is 3.74. The van der Waals surface area contributed by atoms with E-state index in [0.717, 1.165) is 25.8 Å². The van der Waals surface area contributed by atoms with E-state index in [4.69, 9.17) is 0 Å². The van der Waals surface area contributed by atoms with E-state index >= 15 is 0 Å². The van der Waals surface area contributed by atoms with Crippen LogP contribution >= 0.6 is 0 Å². The Morgan fingerprint density at radius 1 is 1.45 bits per heavy atom. The molecule has 3 rings (SSSR count). The van der Waals surface area contributed by atoms with E-state index < -0.39 is 0 Å². The summed E-state index contributed by atoms with van der Waals surface area (Å²) in [5.41, 5.74) is 3.89. The summed E-state index contributed by atoms with van der Waals surface area (Å²) in [4.78, 5) is 0. The van der Waals surface area contributed by atoms with Crippen LogP contribution in [-0.4, -0.2) is 21.4 Å². The maximum atomic E-state index is 9.67. The van der Waals surface area contributed by atoms with Crippen molar-refractivity contribution in [1.29, 1.82) is 0 Å². The molecule has 0 fully saturated rings. The van der Waals surface area contributed by atoms with Gasteiger partial charge in [-0.15, -0.1) is 0 Å². The standard InChI is InChI=1S/C16H21N3O/c1-19-11-12(10-18-19)7-8-17-16-4-2-3-13-5-6-14(20)9-15(13)16/h5-6,9-11,16-17,20H,2-4,7-8H2,1H3. The molecule has 1 aromatic carbocycles. The molecule has 2 aromatic rings. The topological polar surface area (TPSA) is 50.1 Å². The molecule has 0 saturated carbocycles. The fraction of sp³-hybridized carbons (Fsp3) is 0.438. The Morgan fingerprint density at radius 2 is 2.35 bits per heavy atom. The van der Waals surface area contributed by atoms with Crippen molar-refractivity contribution < 1.29 is 5.11 Å². The van der Waals surface area contributed by atoms with Gasteiger partial charge in [0.25, 0.3) is 0 Å². The fourth-order valence-electron chi connectivity index (χ4n) is 2.99. The number of nitrogens with zero attached hydrogens (tertiary/aromatic N) is 2. The number of aromatic nitrogens is 2. The molecule has 1 aromatic heterocycles. The second-order valence-corrected chi connectivity index (χ2v) is 5.55. The maximum Gasteiger partial charge on any atom is 0.115 e. The van der Waals surface area contributed by atoms with Gasteiger partial charge in [0.15, 0.2) is 0 Å². The van der Waals surface area contributed by atoms with Crippen molar-refractivity contribution in [2.45, 2.75) is 31.7 Å². The zero-order valence-corrected chi connectivity index (χ0v) is 11.8. The minimum Gasteiger partial charge on any atom is -0.508 e. The maximum absolute atomic E-state index is 9.67. The van der Waals surface area contributed by atoms with Gasteiger partial charge in [0.2, 0.25) is 0 Å². The first-order chi connectivity index (χ1) is 9.72. The predicted molar refractivity (Wildman–Crippen MR) is 78.7 cm³/mol. The van der Waals surface area contributed by atoms with E-state index in [1.54, 1.807) is 6.07 Å². The van der Waals surface area contributed by atoms with Gasteiger partial charge in [0, 0.05) is 19.3 Å². The predicted octanol–water partition coefficient (Wildman–Crippen LogP) is 2.34. The third kappa shape index (κ3) is 2.85. The van der Waals surface area contributed by atoms with Crippen molar-refractivity contribution in [3.05, 3.63) is 47.3 Å². The van der Waals surface area contributed by atoms with Crippen molar-refractivity contribution in [2.24, 2.45) is 7.05 Å². The lowest BCUT2D eigenvalue weighted by Crippen LogP contribution is -2.27. The van der Waals surface area contributed by atoms with Crippen LogP contribution in [0.3, 0.4) is 0 Å². The minimum atomic E-state index is 0.363. The number of rotatable bonds is 4. The zero-order valence-electron chi connectivity index (χ0n) is 11.8. The summed E-state index contributed by atoms with van der Waals surface area (Å²) in [7, 11) is 1.94. The molecule has 2 N–H and O–H groups in total. The molecule has 0 saturated heterocycles. The van der Waals surface area contributed by atoms with Crippen molar-refractivity contribution in [1.82, 2.24) is 15.1 Å². The minimum absolute atomic E-state index is 0.363. The van der Waals surface area contributed by atoms with E-state index in [0.29, 0.717) is 11.8 Å². The first-order valence-electron chi connectivity index (χ1n) is 7.25. The number of benzene rings is 1. The number of aromatic hydroxyl groups is 1. The Hall–Kier alpha value is -1.81. The third-order valence-electron chi connectivity index (χ3n) is 4.01. The molecule has 0 bridgehead atoms. The van der Waals surface area contributed by atoms with Gasteiger partial charge in [-0.2, -0.15) is 5.10 Å². The first-order valence-corrected chi connectivity index (χ1v) is 7.25. The number of hydrogen-bond acceptors (Lipinski definition) is 3. The highest BCUT2D eigenvalue weighted by molar-refractivity contribution is 5.38. The summed E-state index contributed by atoms with van der Waals surface area (Å²) in [5.74, 6) is 0.365. The van der Waals surface area contributed by atoms with Crippen LogP contribution in [0.25, 0.3) is 0 Å². The summed E-state index contributed by atoms with van der Waals surface area (Å²) in [6.45, 7) is 0.936. The summed E-state index contributed by atoms with van der Waals surface area (Å²) < 4.78 is 1.84. The number of phenols is 1. The van der Waals surface area contributed by atoms with Gasteiger partial charge in [-0.3, -0.25) is 4.68 Å². The summed E-state index contributed by atoms with van der Waals surface area (Å²) >= 11 is 0. The normalized spacial score (nSPS) is 17.9. The molecular formula is C16H21N3O. The number of aryl methyl sites for hydroxylation is 2. The van der Waals surface area contributed by atoms with Gasteiger partial charge in [-0.1, -0.05) is 6.07 Å². The van der Waals surface area contributed by atoms with Crippen molar-refractivity contribution in [3.63, 3.8) is 0 Å². The Labute approximate surface area is 119 Å². The quantitative estimate of drug-likeness (QED) is 0.897. The van der Waals surface area contributed by atoms with E-state index in [9.17, 15) is 5.11 Å². The van der Waals surface area contributed by atoms with E-state index in [2.05, 4.69) is 22.7 Å². The molecule has 106 valence electrons. The van der Waals surface area contributed by atoms with E-state index in [-0.39, 0.29) is 0 Å². The molecule has 1 aliphatic carbocycles. The van der Waals surface area contributed by atoms with Gasteiger partial charge in [0.05, 0.1) is 6.20 Å². The largest absolute Gasteiger partial charge is 0.508 e. The van der Waals surface area contributed by atoms with Crippen LogP contribution in [0, 0.1) is 0 Å². The molecule has 0 amide bonds. The lowest BCUT2D eigenvalue weighted by Gasteiger charge is -2.26. The fourth-order valence-corrected chi connectivity index (χ4v) is 2.99. The van der Waals surface area contributed by atoms with Crippen LogP contribution in [0.1, 0.15) is 35.6 Å². The van der Waals surface area contributed by atoms with E-state index in [1.807, 2.05) is 24.0 Å². The third-order valence-corrected chi connectivity index (χ3v) is 4.01. The number of fused-ring (bicyclic) bond motifs is 1. The van der Waals surface area contributed by atoms with Crippen molar-refractivity contribution >= 4 is 0 Å². The van der Waals surface area contributed by atoms with Crippen molar-refractivity contribution in [3.8, 4) is 5.75 Å². The van der Waals surface area contributed by atoms with Gasteiger partial charge in [-0.25, -0.2) is 0 Å². The van der Waals surface area contributed by atoms with Crippen LogP contribution in [0.2, 0.25) is 0 Å². The van der Waals surface area contributed by atoms with Gasteiger partial charge < -0.3 is 10.4 Å². The molecule has 1 aliphatic rings. The highest BCUT2D eigenvalue weighted by atomic mass is 16.3. The van der Waals surface area contributed by atoms with Crippen molar-refractivity contribution in [2.75, 3.05) is 6.54 Å². The monoisotopic (exact) mass is 271 g/mol. The van der Waals surface area contributed by atoms with Gasteiger partial charge in [-0.05, 0) is 61.1 Å². The molecule has 1 heterocycles. The Bertz CT molecular complexity index is 591. The lowest BCUT2D eigenvalue weighted by molar-refractivity contribution is 0.448. The summed E-state index contributed by atoms with van der Waals surface area (Å²) in [6.07, 6.45) is 8.44. The highest BCUT2D eigenvalue weighted by Gasteiger charge is 2.19. The number of hydrogen-bond donors (Lipinski definition) is 2. The van der Waals surface area contributed by atoms with Crippen LogP contribution in [0.15, 0.2) is 30.6 Å². The Balaban J connectivity index is 1.63. The second kappa shape index (κ2) is 5.67. The number of phenolic OH excluding ortho intramolecular Hbond substituents is 1. The van der Waals surface area contributed by atoms with Gasteiger partial charge in [0.1, 0.15) is 5.75 Å². The van der Waals surface area contributed by atoms with E-state index in [1.165, 1.54) is 23.1 Å². The first kappa shape index (κ1) is 13.2. The molecule has 1 atom stereocenters. The molecular weight excluding hydrogens is 250 g/mol. The SMILES string of the molecule is Cn1cc(CCNC2CCCc3ccc(O)cc32)cn1. The second-order valence-electron chi connectivity index (χ2n) is 5.55. The average Bonchev–Trinajstić information content (AvgIpc) is 2.85. The average molecular weight is 271 g/mol. The summed E-state index contributed by atoms with van der Waals surface area (Å²) in [5, 5.41) is 17.5. The summed E-state index contributed by atoms with van der Waals surface area (Å²) in [6, 6.07) is 6.12. The Morgan fingerprint density at radius 3 is 3.15 bits per heavy atom. The molecule has 0 aliphatic heterocycles. The smallest absolute Gasteiger partial charge is 0.115 e. The molecule has 0 radical (unpaired) electrons. The highest BCUT2D eigenvalue weighted by Crippen LogP contribution is 2.31. The molecule has 4 heteroatoms. The molecule has 4 nitrogen and oxygen atoms in total. The molecule has 1 unspecified atom stereocenters.